The largest absolute Gasteiger partial charge is 0.355 e. The molecule has 0 radical (unpaired) electrons. The number of rotatable bonds is 3. The van der Waals surface area contributed by atoms with E-state index in [2.05, 4.69) is 39.9 Å². The van der Waals surface area contributed by atoms with Crippen LogP contribution < -0.4 is 0 Å². The van der Waals surface area contributed by atoms with Crippen LogP contribution in [0.2, 0.25) is 0 Å². The average molecular weight is 373 g/mol. The van der Waals surface area contributed by atoms with Gasteiger partial charge in [-0.3, -0.25) is 0 Å². The van der Waals surface area contributed by atoms with E-state index >= 15 is 0 Å². The third-order valence-electron chi connectivity index (χ3n) is 2.93. The predicted molar refractivity (Wildman–Crippen MR) is 90.0 cm³/mol. The summed E-state index contributed by atoms with van der Waals surface area (Å²) in [6, 6.07) is 20.2. The Bertz CT molecular complexity index is 717. The second-order valence-electron chi connectivity index (χ2n) is 4.32. The number of hydrogen-bond donors (Lipinski definition) is 0. The summed E-state index contributed by atoms with van der Waals surface area (Å²) in [5.41, 5.74) is 3.05. The number of halogens is 1. The van der Waals surface area contributed by atoms with Crippen LogP contribution in [0.4, 0.5) is 0 Å². The first-order chi connectivity index (χ1) is 9.84. The molecule has 0 bridgehead atoms. The Morgan fingerprint density at radius 2 is 1.50 bits per heavy atom. The Morgan fingerprint density at radius 3 is 2.20 bits per heavy atom. The van der Waals surface area contributed by atoms with Gasteiger partial charge < -0.3 is 4.52 Å². The smallest absolute Gasteiger partial charge is 0.180 e. The molecule has 2 aromatic carbocycles. The fraction of sp³-hybridized carbons (Fsp3) is 0. The summed E-state index contributed by atoms with van der Waals surface area (Å²) in [6.07, 6.45) is 4.02. The zero-order chi connectivity index (χ0) is 13.8. The molecule has 20 heavy (non-hydrogen) atoms. The first-order valence-electron chi connectivity index (χ1n) is 6.28. The molecule has 0 saturated carbocycles. The Kier molecular flexibility index (Phi) is 3.97. The minimum absolute atomic E-state index is 0.818. The maximum atomic E-state index is 5.46. The van der Waals surface area contributed by atoms with Crippen molar-refractivity contribution in [1.82, 2.24) is 5.16 Å². The molecule has 3 rings (SSSR count). The SMILES string of the molecule is Ic1c(/C=C/c2ccccc2)noc1-c1ccccc1. The molecule has 0 unspecified atom stereocenters. The van der Waals surface area contributed by atoms with Crippen molar-refractivity contribution in [3.05, 3.63) is 75.5 Å². The Hall–Kier alpha value is -1.88. The summed E-state index contributed by atoms with van der Waals surface area (Å²) in [5, 5.41) is 4.14. The highest BCUT2D eigenvalue weighted by Gasteiger charge is 2.12. The van der Waals surface area contributed by atoms with Crippen molar-refractivity contribution in [1.29, 1.82) is 0 Å². The molecule has 2 nitrogen and oxygen atoms in total. The molecule has 0 aliphatic rings. The number of hydrogen-bond acceptors (Lipinski definition) is 2. The van der Waals surface area contributed by atoms with Gasteiger partial charge in [0.05, 0.1) is 3.57 Å². The van der Waals surface area contributed by atoms with Crippen molar-refractivity contribution in [3.63, 3.8) is 0 Å². The van der Waals surface area contributed by atoms with Crippen LogP contribution in [-0.4, -0.2) is 5.16 Å². The third-order valence-corrected chi connectivity index (χ3v) is 3.97. The normalized spacial score (nSPS) is 11.1. The van der Waals surface area contributed by atoms with Crippen LogP contribution in [-0.2, 0) is 0 Å². The van der Waals surface area contributed by atoms with E-state index in [9.17, 15) is 0 Å². The fourth-order valence-corrected chi connectivity index (χ4v) is 2.59. The molecule has 0 atom stereocenters. The van der Waals surface area contributed by atoms with Crippen molar-refractivity contribution in [2.24, 2.45) is 0 Å². The molecule has 0 N–H and O–H groups in total. The van der Waals surface area contributed by atoms with Gasteiger partial charge in [-0.05, 0) is 34.2 Å². The molecule has 0 spiro atoms. The molecule has 0 aliphatic heterocycles. The van der Waals surface area contributed by atoms with Crippen LogP contribution in [0.5, 0.6) is 0 Å². The summed E-state index contributed by atoms with van der Waals surface area (Å²) >= 11 is 2.27. The first-order valence-corrected chi connectivity index (χ1v) is 7.36. The number of aromatic nitrogens is 1. The average Bonchev–Trinajstić information content (AvgIpc) is 2.88. The lowest BCUT2D eigenvalue weighted by atomic mass is 10.1. The molecule has 0 fully saturated rings. The second kappa shape index (κ2) is 6.05. The van der Waals surface area contributed by atoms with Crippen LogP contribution in [0.1, 0.15) is 11.3 Å². The summed E-state index contributed by atoms with van der Waals surface area (Å²) in [4.78, 5) is 0. The van der Waals surface area contributed by atoms with Crippen molar-refractivity contribution in [2.75, 3.05) is 0 Å². The van der Waals surface area contributed by atoms with Gasteiger partial charge in [0.15, 0.2) is 5.76 Å². The Labute approximate surface area is 131 Å². The number of nitrogens with zero attached hydrogens (tertiary/aromatic N) is 1. The van der Waals surface area contributed by atoms with Gasteiger partial charge in [0.2, 0.25) is 0 Å². The van der Waals surface area contributed by atoms with Gasteiger partial charge in [-0.25, -0.2) is 0 Å². The highest BCUT2D eigenvalue weighted by Crippen LogP contribution is 2.28. The fourth-order valence-electron chi connectivity index (χ4n) is 1.90. The maximum Gasteiger partial charge on any atom is 0.180 e. The van der Waals surface area contributed by atoms with Gasteiger partial charge >= 0.3 is 0 Å². The number of benzene rings is 2. The molecule has 1 heterocycles. The summed E-state index contributed by atoms with van der Waals surface area (Å²) in [6.45, 7) is 0. The van der Waals surface area contributed by atoms with Crippen LogP contribution in [0.3, 0.4) is 0 Å². The lowest BCUT2D eigenvalue weighted by Gasteiger charge is -1.95. The molecule has 3 heteroatoms. The minimum Gasteiger partial charge on any atom is -0.355 e. The first kappa shape index (κ1) is 13.1. The van der Waals surface area contributed by atoms with Crippen molar-refractivity contribution in [3.8, 4) is 11.3 Å². The van der Waals surface area contributed by atoms with E-state index in [1.807, 2.05) is 60.7 Å². The van der Waals surface area contributed by atoms with E-state index in [0.29, 0.717) is 0 Å². The molecule has 3 aromatic rings. The van der Waals surface area contributed by atoms with Crippen LogP contribution in [0.25, 0.3) is 23.5 Å². The van der Waals surface area contributed by atoms with Gasteiger partial charge in [-0.15, -0.1) is 0 Å². The summed E-state index contributed by atoms with van der Waals surface area (Å²) in [7, 11) is 0. The lowest BCUT2D eigenvalue weighted by Crippen LogP contribution is -1.78. The molecule has 0 saturated heterocycles. The maximum absolute atomic E-state index is 5.46. The van der Waals surface area contributed by atoms with E-state index in [1.165, 1.54) is 0 Å². The summed E-state index contributed by atoms with van der Waals surface area (Å²) in [5.74, 6) is 0.818. The zero-order valence-electron chi connectivity index (χ0n) is 10.7. The second-order valence-corrected chi connectivity index (χ2v) is 5.40. The van der Waals surface area contributed by atoms with E-state index in [-0.39, 0.29) is 0 Å². The molecule has 0 amide bonds. The van der Waals surface area contributed by atoms with E-state index in [0.717, 1.165) is 26.2 Å². The molecular weight excluding hydrogens is 361 g/mol. The highest BCUT2D eigenvalue weighted by molar-refractivity contribution is 14.1. The van der Waals surface area contributed by atoms with Crippen molar-refractivity contribution in [2.45, 2.75) is 0 Å². The minimum atomic E-state index is 0.818. The lowest BCUT2D eigenvalue weighted by molar-refractivity contribution is 0.430. The van der Waals surface area contributed by atoms with Gasteiger partial charge in [-0.2, -0.15) is 0 Å². The zero-order valence-corrected chi connectivity index (χ0v) is 12.8. The standard InChI is InChI=1S/C17H12INO/c18-16-15(12-11-13-7-3-1-4-8-13)19-20-17(16)14-9-5-2-6-10-14/h1-12H/b12-11+. The van der Waals surface area contributed by atoms with Crippen molar-refractivity contribution >= 4 is 34.7 Å². The predicted octanol–water partition coefficient (Wildman–Crippen LogP) is 5.12. The summed E-state index contributed by atoms with van der Waals surface area (Å²) < 4.78 is 6.49. The van der Waals surface area contributed by atoms with E-state index in [1.54, 1.807) is 0 Å². The Morgan fingerprint density at radius 1 is 0.850 bits per heavy atom. The van der Waals surface area contributed by atoms with E-state index in [4.69, 9.17) is 4.52 Å². The monoisotopic (exact) mass is 373 g/mol. The Balaban J connectivity index is 1.90. The van der Waals surface area contributed by atoms with Gasteiger partial charge in [-0.1, -0.05) is 71.9 Å². The molecule has 98 valence electrons. The van der Waals surface area contributed by atoms with Gasteiger partial charge in [0.25, 0.3) is 0 Å². The van der Waals surface area contributed by atoms with Crippen molar-refractivity contribution < 1.29 is 4.52 Å². The third kappa shape index (κ3) is 2.82. The molecular formula is C17H12INO. The van der Waals surface area contributed by atoms with Crippen LogP contribution in [0.15, 0.2) is 65.2 Å². The molecule has 0 aliphatic carbocycles. The molecule has 1 aromatic heterocycles. The van der Waals surface area contributed by atoms with E-state index < -0.39 is 0 Å². The van der Waals surface area contributed by atoms with Crippen LogP contribution >= 0.6 is 22.6 Å². The highest BCUT2D eigenvalue weighted by atomic mass is 127. The quantitative estimate of drug-likeness (QED) is 0.596. The topological polar surface area (TPSA) is 26.0 Å². The van der Waals surface area contributed by atoms with Crippen LogP contribution in [0, 0.1) is 3.57 Å². The van der Waals surface area contributed by atoms with Gasteiger partial charge in [0.1, 0.15) is 5.69 Å². The van der Waals surface area contributed by atoms with Gasteiger partial charge in [0, 0.05) is 5.56 Å².